The predicted octanol–water partition coefficient (Wildman–Crippen LogP) is 3.00. The Hall–Kier alpha value is -2.02. The number of nitrogens with one attached hydrogen (secondary N) is 1. The highest BCUT2D eigenvalue weighted by atomic mass is 16.5. The molecule has 1 N–H and O–H groups in total. The van der Waals surface area contributed by atoms with E-state index in [0.29, 0.717) is 6.42 Å². The van der Waals surface area contributed by atoms with Crippen LogP contribution < -0.4 is 5.32 Å². The smallest absolute Gasteiger partial charge is 0.408 e. The molecule has 0 aliphatic heterocycles. The summed E-state index contributed by atoms with van der Waals surface area (Å²) in [5, 5.41) is 12.0. The zero-order chi connectivity index (χ0) is 13.7. The Bertz CT molecular complexity index is 481. The highest BCUT2D eigenvalue weighted by Gasteiger charge is 2.42. The van der Waals surface area contributed by atoms with Crippen LogP contribution in [0.15, 0.2) is 30.3 Å². The van der Waals surface area contributed by atoms with Crippen LogP contribution in [0.3, 0.4) is 0 Å². The minimum absolute atomic E-state index is 0.168. The first-order valence-electron chi connectivity index (χ1n) is 6.56. The van der Waals surface area contributed by atoms with Crippen molar-refractivity contribution in [2.75, 3.05) is 0 Å². The van der Waals surface area contributed by atoms with Gasteiger partial charge in [-0.1, -0.05) is 37.3 Å². The van der Waals surface area contributed by atoms with Crippen molar-refractivity contribution in [3.8, 4) is 6.07 Å². The number of amides is 1. The van der Waals surface area contributed by atoms with Crippen molar-refractivity contribution in [2.45, 2.75) is 38.3 Å². The van der Waals surface area contributed by atoms with E-state index in [1.807, 2.05) is 37.3 Å². The van der Waals surface area contributed by atoms with Gasteiger partial charge < -0.3 is 10.1 Å². The second kappa shape index (κ2) is 5.75. The van der Waals surface area contributed by atoms with Gasteiger partial charge in [-0.15, -0.1) is 0 Å². The molecule has 4 nitrogen and oxygen atoms in total. The highest BCUT2D eigenvalue weighted by Crippen LogP contribution is 2.34. The molecule has 4 heteroatoms. The average molecular weight is 258 g/mol. The molecule has 1 aliphatic rings. The molecule has 1 fully saturated rings. The number of hydrogen-bond acceptors (Lipinski definition) is 3. The standard InChI is InChI=1S/C15H18N2O2/c1-12-6-5-9-15(12,11-16)17-14(18)19-10-13-7-3-2-4-8-13/h2-4,7-8,12H,5-6,9-10H2,1H3,(H,17,18). The summed E-state index contributed by atoms with van der Waals surface area (Å²) < 4.78 is 5.16. The molecular formula is C15H18N2O2. The molecule has 1 amide bonds. The molecular weight excluding hydrogens is 240 g/mol. The quantitative estimate of drug-likeness (QED) is 0.906. The van der Waals surface area contributed by atoms with E-state index in [1.165, 1.54) is 0 Å². The summed E-state index contributed by atoms with van der Waals surface area (Å²) >= 11 is 0. The van der Waals surface area contributed by atoms with Gasteiger partial charge in [0.15, 0.2) is 0 Å². The number of ether oxygens (including phenoxy) is 1. The van der Waals surface area contributed by atoms with Crippen molar-refractivity contribution < 1.29 is 9.53 Å². The molecule has 19 heavy (non-hydrogen) atoms. The minimum Gasteiger partial charge on any atom is -0.445 e. The lowest BCUT2D eigenvalue weighted by atomic mass is 9.90. The molecule has 0 saturated heterocycles. The van der Waals surface area contributed by atoms with Crippen molar-refractivity contribution in [1.29, 1.82) is 5.26 Å². The minimum atomic E-state index is -0.756. The first-order valence-corrected chi connectivity index (χ1v) is 6.56. The number of nitriles is 1. The van der Waals surface area contributed by atoms with Crippen LogP contribution in [-0.2, 0) is 11.3 Å². The van der Waals surface area contributed by atoms with Gasteiger partial charge in [0.25, 0.3) is 0 Å². The summed E-state index contributed by atoms with van der Waals surface area (Å²) in [4.78, 5) is 11.8. The van der Waals surface area contributed by atoms with Gasteiger partial charge in [-0.3, -0.25) is 0 Å². The number of carbonyl (C=O) groups is 1. The molecule has 0 radical (unpaired) electrons. The number of hydrogen-bond donors (Lipinski definition) is 1. The predicted molar refractivity (Wildman–Crippen MR) is 71.1 cm³/mol. The molecule has 1 aromatic carbocycles. The van der Waals surface area contributed by atoms with Gasteiger partial charge in [-0.05, 0) is 30.7 Å². The van der Waals surface area contributed by atoms with E-state index >= 15 is 0 Å². The third kappa shape index (κ3) is 3.05. The summed E-state index contributed by atoms with van der Waals surface area (Å²) in [7, 11) is 0. The maximum absolute atomic E-state index is 11.8. The van der Waals surface area contributed by atoms with E-state index in [1.54, 1.807) is 0 Å². The van der Waals surface area contributed by atoms with Crippen molar-refractivity contribution in [2.24, 2.45) is 5.92 Å². The molecule has 100 valence electrons. The summed E-state index contributed by atoms with van der Waals surface area (Å²) in [6.45, 7) is 2.22. The van der Waals surface area contributed by atoms with Crippen LogP contribution in [0.1, 0.15) is 31.7 Å². The molecule has 0 heterocycles. The van der Waals surface area contributed by atoms with Crippen LogP contribution in [0.25, 0.3) is 0 Å². The number of carbonyl (C=O) groups excluding carboxylic acids is 1. The molecule has 1 aromatic rings. The molecule has 1 aliphatic carbocycles. The van der Waals surface area contributed by atoms with Crippen LogP contribution in [0, 0.1) is 17.2 Å². The third-order valence-corrected chi connectivity index (χ3v) is 3.79. The van der Waals surface area contributed by atoms with Crippen molar-refractivity contribution in [1.82, 2.24) is 5.32 Å². The Balaban J connectivity index is 1.89. The van der Waals surface area contributed by atoms with E-state index in [4.69, 9.17) is 4.74 Å². The van der Waals surface area contributed by atoms with Crippen LogP contribution in [-0.4, -0.2) is 11.6 Å². The van der Waals surface area contributed by atoms with Crippen LogP contribution in [0.5, 0.6) is 0 Å². The Morgan fingerprint density at radius 1 is 1.53 bits per heavy atom. The number of rotatable bonds is 3. The fourth-order valence-corrected chi connectivity index (χ4v) is 2.50. The Kier molecular flexibility index (Phi) is 4.06. The van der Waals surface area contributed by atoms with Gasteiger partial charge in [0.2, 0.25) is 0 Å². The van der Waals surface area contributed by atoms with E-state index in [-0.39, 0.29) is 12.5 Å². The molecule has 0 aromatic heterocycles. The molecule has 0 bridgehead atoms. The zero-order valence-electron chi connectivity index (χ0n) is 11.1. The summed E-state index contributed by atoms with van der Waals surface area (Å²) in [6, 6.07) is 11.7. The molecule has 2 atom stereocenters. The van der Waals surface area contributed by atoms with Gasteiger partial charge in [0.05, 0.1) is 6.07 Å². The maximum atomic E-state index is 11.8. The molecule has 2 unspecified atom stereocenters. The van der Waals surface area contributed by atoms with Crippen LogP contribution in [0.2, 0.25) is 0 Å². The summed E-state index contributed by atoms with van der Waals surface area (Å²) in [6.07, 6.45) is 2.12. The van der Waals surface area contributed by atoms with E-state index in [2.05, 4.69) is 11.4 Å². The molecule has 1 saturated carbocycles. The lowest BCUT2D eigenvalue weighted by Crippen LogP contribution is -2.49. The van der Waals surface area contributed by atoms with Gasteiger partial charge in [-0.25, -0.2) is 4.79 Å². The zero-order valence-corrected chi connectivity index (χ0v) is 11.1. The monoisotopic (exact) mass is 258 g/mol. The summed E-state index contributed by atoms with van der Waals surface area (Å²) in [5.74, 6) is 0.168. The summed E-state index contributed by atoms with van der Waals surface area (Å²) in [5.41, 5.74) is 0.177. The fraction of sp³-hybridized carbons (Fsp3) is 0.467. The Labute approximate surface area is 113 Å². The van der Waals surface area contributed by atoms with Gasteiger partial charge in [0.1, 0.15) is 12.1 Å². The fourth-order valence-electron chi connectivity index (χ4n) is 2.50. The molecule has 0 spiro atoms. The SMILES string of the molecule is CC1CCCC1(C#N)NC(=O)OCc1ccccc1. The van der Waals surface area contributed by atoms with Crippen LogP contribution in [0.4, 0.5) is 4.79 Å². The second-order valence-electron chi connectivity index (χ2n) is 5.06. The molecule has 2 rings (SSSR count). The first kappa shape index (κ1) is 13.4. The largest absolute Gasteiger partial charge is 0.445 e. The number of nitrogens with zero attached hydrogens (tertiary/aromatic N) is 1. The van der Waals surface area contributed by atoms with Gasteiger partial charge in [0, 0.05) is 0 Å². The van der Waals surface area contributed by atoms with Crippen LogP contribution >= 0.6 is 0 Å². The number of benzene rings is 1. The van der Waals surface area contributed by atoms with E-state index < -0.39 is 11.6 Å². The number of alkyl carbamates (subject to hydrolysis) is 1. The Morgan fingerprint density at radius 2 is 2.26 bits per heavy atom. The maximum Gasteiger partial charge on any atom is 0.408 e. The third-order valence-electron chi connectivity index (χ3n) is 3.79. The van der Waals surface area contributed by atoms with Crippen molar-refractivity contribution >= 4 is 6.09 Å². The lowest BCUT2D eigenvalue weighted by Gasteiger charge is -2.26. The van der Waals surface area contributed by atoms with E-state index in [0.717, 1.165) is 18.4 Å². The van der Waals surface area contributed by atoms with Gasteiger partial charge >= 0.3 is 6.09 Å². The topological polar surface area (TPSA) is 62.1 Å². The van der Waals surface area contributed by atoms with E-state index in [9.17, 15) is 10.1 Å². The van der Waals surface area contributed by atoms with Gasteiger partial charge in [-0.2, -0.15) is 5.26 Å². The van der Waals surface area contributed by atoms with Crippen molar-refractivity contribution in [3.63, 3.8) is 0 Å². The lowest BCUT2D eigenvalue weighted by molar-refractivity contribution is 0.127. The highest BCUT2D eigenvalue weighted by molar-refractivity contribution is 5.69. The first-order chi connectivity index (χ1) is 9.16. The Morgan fingerprint density at radius 3 is 2.84 bits per heavy atom. The normalized spacial score (nSPS) is 25.6. The average Bonchev–Trinajstić information content (AvgIpc) is 2.79. The van der Waals surface area contributed by atoms with Crippen molar-refractivity contribution in [3.05, 3.63) is 35.9 Å². The second-order valence-corrected chi connectivity index (χ2v) is 5.06.